The highest BCUT2D eigenvalue weighted by atomic mass is 31.2. The number of rotatable bonds is 5. The Morgan fingerprint density at radius 2 is 1.52 bits per heavy atom. The molecule has 2 atom stereocenters. The Balaban J connectivity index is 2.02. The van der Waals surface area contributed by atoms with E-state index in [9.17, 15) is 9.67 Å². The van der Waals surface area contributed by atoms with Gasteiger partial charge in [-0.05, 0) is 6.92 Å². The summed E-state index contributed by atoms with van der Waals surface area (Å²) in [6, 6.07) is 19.1. The Kier molecular flexibility index (Phi) is 3.75. The average Bonchev–Trinajstić information content (AvgIpc) is 3.19. The molecule has 21 heavy (non-hydrogen) atoms. The number of aliphatic hydroxyl groups excluding tert-OH is 1. The first kappa shape index (κ1) is 14.5. The fourth-order valence-corrected chi connectivity index (χ4v) is 5.90. The van der Waals surface area contributed by atoms with Crippen molar-refractivity contribution in [2.24, 2.45) is 0 Å². The minimum absolute atomic E-state index is 0.0277. The van der Waals surface area contributed by atoms with Gasteiger partial charge in [0, 0.05) is 16.8 Å². The Morgan fingerprint density at radius 3 is 1.90 bits per heavy atom. The standard InChI is InChI=1S/C17H19O3P/c1-17(16(12-18)20-17)13-21(19,14-8-4-2-5-9-14)15-10-6-3-7-11-15/h2-11,16,18H,12-13H2,1H3/t16-,17-/m1/s1. The molecule has 1 heterocycles. The molecule has 1 aliphatic heterocycles. The Bertz CT molecular complexity index is 613. The molecule has 2 aromatic carbocycles. The highest BCUT2D eigenvalue weighted by Gasteiger charge is 2.55. The molecule has 0 unspecified atom stereocenters. The third-order valence-electron chi connectivity index (χ3n) is 4.08. The average molecular weight is 302 g/mol. The van der Waals surface area contributed by atoms with Gasteiger partial charge >= 0.3 is 0 Å². The predicted molar refractivity (Wildman–Crippen MR) is 85.0 cm³/mol. The summed E-state index contributed by atoms with van der Waals surface area (Å²) < 4.78 is 19.3. The second-order valence-corrected chi connectivity index (χ2v) is 8.50. The molecule has 4 heteroatoms. The lowest BCUT2D eigenvalue weighted by Gasteiger charge is -2.21. The van der Waals surface area contributed by atoms with Gasteiger partial charge in [0.25, 0.3) is 0 Å². The molecule has 0 radical (unpaired) electrons. The second kappa shape index (κ2) is 5.42. The lowest BCUT2D eigenvalue weighted by molar-refractivity contribution is 0.238. The van der Waals surface area contributed by atoms with Gasteiger partial charge in [-0.25, -0.2) is 0 Å². The van der Waals surface area contributed by atoms with Crippen LogP contribution in [0.2, 0.25) is 0 Å². The number of aliphatic hydroxyl groups is 1. The fourth-order valence-electron chi connectivity index (χ4n) is 2.77. The van der Waals surface area contributed by atoms with Crippen LogP contribution in [0.5, 0.6) is 0 Å². The van der Waals surface area contributed by atoms with E-state index in [1.807, 2.05) is 67.6 Å². The van der Waals surface area contributed by atoms with Crippen molar-refractivity contribution in [2.75, 3.05) is 12.8 Å². The van der Waals surface area contributed by atoms with Crippen molar-refractivity contribution in [3.05, 3.63) is 60.7 Å². The van der Waals surface area contributed by atoms with Crippen LogP contribution in [0.25, 0.3) is 0 Å². The number of epoxide rings is 1. The number of hydrogen-bond acceptors (Lipinski definition) is 3. The van der Waals surface area contributed by atoms with E-state index in [-0.39, 0.29) is 12.7 Å². The van der Waals surface area contributed by atoms with Gasteiger partial charge in [-0.1, -0.05) is 60.7 Å². The van der Waals surface area contributed by atoms with Crippen LogP contribution in [0.3, 0.4) is 0 Å². The van der Waals surface area contributed by atoms with Crippen molar-refractivity contribution >= 4 is 17.8 Å². The van der Waals surface area contributed by atoms with Crippen molar-refractivity contribution in [1.82, 2.24) is 0 Å². The van der Waals surface area contributed by atoms with E-state index < -0.39 is 12.7 Å². The molecule has 1 saturated heterocycles. The van der Waals surface area contributed by atoms with Gasteiger partial charge in [0.1, 0.15) is 18.8 Å². The molecule has 1 N–H and O–H groups in total. The first-order chi connectivity index (χ1) is 10.1. The summed E-state index contributed by atoms with van der Waals surface area (Å²) in [6.07, 6.45) is 0.206. The van der Waals surface area contributed by atoms with Gasteiger partial charge in [0.2, 0.25) is 0 Å². The third kappa shape index (κ3) is 2.69. The topological polar surface area (TPSA) is 49.8 Å². The van der Waals surface area contributed by atoms with E-state index in [1.165, 1.54) is 0 Å². The predicted octanol–water partition coefficient (Wildman–Crippen LogP) is 2.15. The fraction of sp³-hybridized carbons (Fsp3) is 0.294. The third-order valence-corrected chi connectivity index (χ3v) is 7.42. The molecule has 0 aliphatic carbocycles. The summed E-state index contributed by atoms with van der Waals surface area (Å²) in [5.74, 6) is 0. The van der Waals surface area contributed by atoms with Crippen molar-refractivity contribution in [2.45, 2.75) is 18.6 Å². The molecule has 1 aliphatic rings. The van der Waals surface area contributed by atoms with Crippen LogP contribution in [0, 0.1) is 0 Å². The number of ether oxygens (including phenoxy) is 1. The lowest BCUT2D eigenvalue weighted by atomic mass is 10.1. The zero-order chi connectivity index (χ0) is 14.9. The van der Waals surface area contributed by atoms with E-state index in [0.717, 1.165) is 10.6 Å². The summed E-state index contributed by atoms with van der Waals surface area (Å²) in [6.45, 7) is 1.90. The van der Waals surface area contributed by atoms with E-state index in [4.69, 9.17) is 4.74 Å². The van der Waals surface area contributed by atoms with Crippen molar-refractivity contribution < 1.29 is 14.4 Å². The molecular formula is C17H19O3P. The van der Waals surface area contributed by atoms with Gasteiger partial charge in [-0.2, -0.15) is 0 Å². The molecule has 0 amide bonds. The first-order valence-electron chi connectivity index (χ1n) is 7.07. The van der Waals surface area contributed by atoms with Crippen LogP contribution >= 0.6 is 7.14 Å². The molecule has 110 valence electrons. The Morgan fingerprint density at radius 1 is 1.05 bits per heavy atom. The van der Waals surface area contributed by atoms with Crippen molar-refractivity contribution in [3.63, 3.8) is 0 Å². The SMILES string of the molecule is C[C@]1(CP(=O)(c2ccccc2)c2ccccc2)O[C@@H]1CO. The second-order valence-electron chi connectivity index (χ2n) is 5.67. The summed E-state index contributed by atoms with van der Waals surface area (Å²) in [4.78, 5) is 0. The molecule has 1 fully saturated rings. The van der Waals surface area contributed by atoms with Crippen molar-refractivity contribution in [3.8, 4) is 0 Å². The van der Waals surface area contributed by atoms with Gasteiger partial charge in [-0.3, -0.25) is 0 Å². The number of hydrogen-bond donors (Lipinski definition) is 1. The molecule has 2 aromatic rings. The van der Waals surface area contributed by atoms with Gasteiger partial charge in [0.05, 0.1) is 6.61 Å². The van der Waals surface area contributed by atoms with Crippen LogP contribution in [-0.2, 0) is 9.30 Å². The number of benzene rings is 2. The highest BCUT2D eigenvalue weighted by Crippen LogP contribution is 2.52. The highest BCUT2D eigenvalue weighted by molar-refractivity contribution is 7.78. The smallest absolute Gasteiger partial charge is 0.146 e. The molecule has 0 bridgehead atoms. The zero-order valence-electron chi connectivity index (χ0n) is 12.0. The molecule has 0 aromatic heterocycles. The maximum absolute atomic E-state index is 13.8. The van der Waals surface area contributed by atoms with E-state index in [1.54, 1.807) is 0 Å². The molecular weight excluding hydrogens is 283 g/mol. The minimum atomic E-state index is -2.77. The maximum atomic E-state index is 13.8. The minimum Gasteiger partial charge on any atom is -0.394 e. The summed E-state index contributed by atoms with van der Waals surface area (Å²) in [5.41, 5.74) is -0.504. The lowest BCUT2D eigenvalue weighted by Crippen LogP contribution is -2.27. The molecule has 0 spiro atoms. The van der Waals surface area contributed by atoms with E-state index >= 15 is 0 Å². The van der Waals surface area contributed by atoms with Crippen LogP contribution in [-0.4, -0.2) is 29.6 Å². The van der Waals surface area contributed by atoms with Crippen LogP contribution in [0.1, 0.15) is 6.92 Å². The van der Waals surface area contributed by atoms with Crippen molar-refractivity contribution in [1.29, 1.82) is 0 Å². The van der Waals surface area contributed by atoms with Gasteiger partial charge in [0.15, 0.2) is 0 Å². The van der Waals surface area contributed by atoms with Crippen LogP contribution in [0.15, 0.2) is 60.7 Å². The Labute approximate surface area is 125 Å². The van der Waals surface area contributed by atoms with E-state index in [0.29, 0.717) is 6.16 Å². The maximum Gasteiger partial charge on any atom is 0.146 e. The molecule has 3 rings (SSSR count). The summed E-state index contributed by atoms with van der Waals surface area (Å²) in [7, 11) is -2.77. The van der Waals surface area contributed by atoms with Gasteiger partial charge in [-0.15, -0.1) is 0 Å². The molecule has 3 nitrogen and oxygen atoms in total. The largest absolute Gasteiger partial charge is 0.394 e. The van der Waals surface area contributed by atoms with E-state index in [2.05, 4.69) is 0 Å². The monoisotopic (exact) mass is 302 g/mol. The van der Waals surface area contributed by atoms with Crippen LogP contribution < -0.4 is 10.6 Å². The quantitative estimate of drug-likeness (QED) is 0.680. The summed E-state index contributed by atoms with van der Waals surface area (Å²) in [5, 5.41) is 10.9. The van der Waals surface area contributed by atoms with Gasteiger partial charge < -0.3 is 14.4 Å². The zero-order valence-corrected chi connectivity index (χ0v) is 12.9. The summed E-state index contributed by atoms with van der Waals surface area (Å²) >= 11 is 0. The normalized spacial score (nSPS) is 24.8. The first-order valence-corrected chi connectivity index (χ1v) is 8.97. The van der Waals surface area contributed by atoms with Crippen LogP contribution in [0.4, 0.5) is 0 Å². The molecule has 0 saturated carbocycles. The Hall–Kier alpha value is -1.41.